The Bertz CT molecular complexity index is 1520. The van der Waals surface area contributed by atoms with E-state index in [1.165, 1.54) is 24.3 Å². The van der Waals surface area contributed by atoms with Gasteiger partial charge in [-0.05, 0) is 36.1 Å². The molecule has 0 heterocycles. The average molecular weight is 700 g/mol. The van der Waals surface area contributed by atoms with Crippen LogP contribution in [0.1, 0.15) is 36.8 Å². The molecule has 2 rings (SSSR count). The molecular formula is C32H41N7O11. The molecule has 0 aliphatic heterocycles. The number of phenolic OH excluding ortho intramolecular Hbond substituents is 1. The van der Waals surface area contributed by atoms with Crippen molar-refractivity contribution in [1.82, 2.24) is 26.6 Å². The topological polar surface area (TPSA) is 309 Å². The molecule has 4 atom stereocenters. The van der Waals surface area contributed by atoms with E-state index in [1.54, 1.807) is 30.3 Å². The number of carboxylic acid groups (broad SMARTS) is 2. The summed E-state index contributed by atoms with van der Waals surface area (Å²) in [6.45, 7) is -1.19. The molecule has 2 aromatic rings. The van der Waals surface area contributed by atoms with E-state index in [-0.39, 0.29) is 37.9 Å². The molecule has 18 heteroatoms. The van der Waals surface area contributed by atoms with E-state index < -0.39 is 91.1 Å². The van der Waals surface area contributed by atoms with Gasteiger partial charge in [0.05, 0.1) is 13.1 Å². The second-order valence-corrected chi connectivity index (χ2v) is 11.1. The third kappa shape index (κ3) is 14.8. The molecule has 0 saturated heterocycles. The van der Waals surface area contributed by atoms with E-state index in [0.29, 0.717) is 11.1 Å². The third-order valence-electron chi connectivity index (χ3n) is 7.14. The average Bonchev–Trinajstić information content (AvgIpc) is 3.07. The summed E-state index contributed by atoms with van der Waals surface area (Å²) in [7, 11) is 0. The fraction of sp³-hybridized carbons (Fsp3) is 0.375. The van der Waals surface area contributed by atoms with Gasteiger partial charge in [0.15, 0.2) is 0 Å². The van der Waals surface area contributed by atoms with Gasteiger partial charge in [-0.25, -0.2) is 4.79 Å². The number of hydrogen-bond acceptors (Lipinski definition) is 10. The maximum absolute atomic E-state index is 13.3. The van der Waals surface area contributed by atoms with Gasteiger partial charge >= 0.3 is 11.9 Å². The lowest BCUT2D eigenvalue weighted by Crippen LogP contribution is -2.57. The van der Waals surface area contributed by atoms with E-state index in [1.807, 2.05) is 0 Å². The SMILES string of the molecule is NCC(=O)N[C@@H](CCC(=O)O)C(=O)N[C@@H](Cc1ccc(O)cc1)C(=O)NCC(=O)N[C@@H](Cc1ccccc1)C(=O)N[C@@H](CCC(N)=O)C(=O)O. The van der Waals surface area contributed by atoms with Gasteiger partial charge in [-0.1, -0.05) is 42.5 Å². The smallest absolute Gasteiger partial charge is 0.326 e. The molecule has 12 N–H and O–H groups in total. The predicted octanol–water partition coefficient (Wildman–Crippen LogP) is -2.59. The summed E-state index contributed by atoms with van der Waals surface area (Å²) in [6, 6.07) is 8.57. The number of carboxylic acids is 2. The standard InChI is InChI=1S/C32H41N7O11/c33-16-26(42)36-21(11-13-28(44)45)30(47)39-23(15-19-6-8-20(40)9-7-19)29(46)35-17-27(43)37-24(14-18-4-2-1-3-5-18)31(48)38-22(32(49)50)10-12-25(34)41/h1-9,21-24,40H,10-17,33H2,(H2,34,41)(H,35,46)(H,36,42)(H,37,43)(H,38,48)(H,39,47)(H,44,45)(H,49,50)/t21-,22-,23-,24-/m0/s1. The predicted molar refractivity (Wildman–Crippen MR) is 175 cm³/mol. The van der Waals surface area contributed by atoms with Crippen LogP contribution < -0.4 is 38.1 Å². The summed E-state index contributed by atoms with van der Waals surface area (Å²) in [5.41, 5.74) is 11.5. The van der Waals surface area contributed by atoms with Crippen molar-refractivity contribution in [2.24, 2.45) is 11.5 Å². The van der Waals surface area contributed by atoms with Crippen molar-refractivity contribution in [1.29, 1.82) is 0 Å². The van der Waals surface area contributed by atoms with Crippen LogP contribution in [-0.4, -0.2) is 100.0 Å². The second kappa shape index (κ2) is 20.4. The number of benzene rings is 2. The second-order valence-electron chi connectivity index (χ2n) is 11.1. The molecule has 0 fully saturated rings. The summed E-state index contributed by atoms with van der Waals surface area (Å²) in [4.78, 5) is 98.6. The Morgan fingerprint density at radius 1 is 0.620 bits per heavy atom. The Morgan fingerprint density at radius 3 is 1.70 bits per heavy atom. The van der Waals surface area contributed by atoms with Crippen LogP contribution >= 0.6 is 0 Å². The van der Waals surface area contributed by atoms with Crippen molar-refractivity contribution < 1.29 is 53.7 Å². The van der Waals surface area contributed by atoms with Crippen molar-refractivity contribution in [3.05, 3.63) is 65.7 Å². The largest absolute Gasteiger partial charge is 0.508 e. The molecule has 18 nitrogen and oxygen atoms in total. The molecule has 0 aliphatic carbocycles. The first-order valence-corrected chi connectivity index (χ1v) is 15.4. The Balaban J connectivity index is 2.22. The Hall–Kier alpha value is -6.04. The maximum atomic E-state index is 13.3. The van der Waals surface area contributed by atoms with Crippen molar-refractivity contribution in [3.63, 3.8) is 0 Å². The van der Waals surface area contributed by atoms with Gasteiger partial charge in [0.1, 0.15) is 29.9 Å². The monoisotopic (exact) mass is 699 g/mol. The van der Waals surface area contributed by atoms with Crippen molar-refractivity contribution in [2.45, 2.75) is 62.7 Å². The Labute approximate surface area is 286 Å². The van der Waals surface area contributed by atoms with Crippen molar-refractivity contribution >= 4 is 47.4 Å². The van der Waals surface area contributed by atoms with Crippen LogP contribution in [0.5, 0.6) is 5.75 Å². The number of nitrogens with one attached hydrogen (secondary N) is 5. The number of hydrogen-bond donors (Lipinski definition) is 10. The molecule has 0 saturated carbocycles. The quantitative estimate of drug-likeness (QED) is 0.0642. The molecule has 6 amide bonds. The lowest BCUT2D eigenvalue weighted by atomic mass is 10.0. The summed E-state index contributed by atoms with van der Waals surface area (Å²) in [5, 5.41) is 40.1. The van der Waals surface area contributed by atoms with E-state index in [4.69, 9.17) is 16.6 Å². The number of primary amides is 1. The number of phenols is 1. The highest BCUT2D eigenvalue weighted by molar-refractivity contribution is 5.95. The van der Waals surface area contributed by atoms with Gasteiger partial charge in [0.25, 0.3) is 0 Å². The number of aromatic hydroxyl groups is 1. The molecular weight excluding hydrogens is 658 g/mol. The fourth-order valence-corrected chi connectivity index (χ4v) is 4.55. The molecule has 0 bridgehead atoms. The van der Waals surface area contributed by atoms with Crippen LogP contribution in [0.15, 0.2) is 54.6 Å². The molecule has 270 valence electrons. The Kier molecular flexibility index (Phi) is 16.3. The van der Waals surface area contributed by atoms with E-state index in [2.05, 4.69) is 26.6 Å². The molecule has 0 radical (unpaired) electrons. The van der Waals surface area contributed by atoms with Gasteiger partial charge in [0.2, 0.25) is 35.4 Å². The van der Waals surface area contributed by atoms with Crippen LogP contribution in [0.3, 0.4) is 0 Å². The minimum absolute atomic E-state index is 0.0645. The minimum Gasteiger partial charge on any atom is -0.508 e. The molecule has 0 aliphatic rings. The minimum atomic E-state index is -1.48. The summed E-state index contributed by atoms with van der Waals surface area (Å²) < 4.78 is 0. The van der Waals surface area contributed by atoms with Gasteiger partial charge < -0.3 is 53.4 Å². The van der Waals surface area contributed by atoms with Crippen LogP contribution in [0.2, 0.25) is 0 Å². The normalized spacial score (nSPS) is 13.0. The van der Waals surface area contributed by atoms with Gasteiger partial charge in [-0.2, -0.15) is 0 Å². The molecule has 0 aromatic heterocycles. The van der Waals surface area contributed by atoms with Crippen LogP contribution in [-0.2, 0) is 51.2 Å². The van der Waals surface area contributed by atoms with E-state index >= 15 is 0 Å². The highest BCUT2D eigenvalue weighted by Crippen LogP contribution is 2.12. The number of nitrogens with two attached hydrogens (primary N) is 2. The van der Waals surface area contributed by atoms with Crippen LogP contribution in [0, 0.1) is 0 Å². The number of aliphatic carboxylic acids is 2. The number of amides is 6. The highest BCUT2D eigenvalue weighted by Gasteiger charge is 2.30. The van der Waals surface area contributed by atoms with Crippen molar-refractivity contribution in [3.8, 4) is 5.75 Å². The number of carbonyl (C=O) groups is 8. The van der Waals surface area contributed by atoms with E-state index in [9.17, 15) is 48.6 Å². The molecule has 2 aromatic carbocycles. The summed E-state index contributed by atoms with van der Waals surface area (Å²) >= 11 is 0. The van der Waals surface area contributed by atoms with Crippen LogP contribution in [0.4, 0.5) is 0 Å². The van der Waals surface area contributed by atoms with E-state index in [0.717, 1.165) is 0 Å². The maximum Gasteiger partial charge on any atom is 0.326 e. The molecule has 50 heavy (non-hydrogen) atoms. The lowest BCUT2D eigenvalue weighted by molar-refractivity contribution is -0.142. The molecule has 0 spiro atoms. The first kappa shape index (κ1) is 40.1. The van der Waals surface area contributed by atoms with Gasteiger partial charge in [-0.15, -0.1) is 0 Å². The zero-order valence-corrected chi connectivity index (χ0v) is 26.9. The third-order valence-corrected chi connectivity index (χ3v) is 7.14. The Morgan fingerprint density at radius 2 is 1.14 bits per heavy atom. The lowest BCUT2D eigenvalue weighted by Gasteiger charge is -2.24. The van der Waals surface area contributed by atoms with Crippen molar-refractivity contribution in [2.75, 3.05) is 13.1 Å². The van der Waals surface area contributed by atoms with Gasteiger partial charge in [-0.3, -0.25) is 33.6 Å². The summed E-state index contributed by atoms with van der Waals surface area (Å²) in [6.07, 6.45) is -1.65. The first-order chi connectivity index (χ1) is 23.7. The zero-order valence-electron chi connectivity index (χ0n) is 26.9. The molecule has 0 unspecified atom stereocenters. The van der Waals surface area contributed by atoms with Gasteiger partial charge in [0, 0.05) is 25.7 Å². The number of rotatable bonds is 21. The zero-order chi connectivity index (χ0) is 37.2. The highest BCUT2D eigenvalue weighted by atomic mass is 16.4. The fourth-order valence-electron chi connectivity index (χ4n) is 4.55. The summed E-state index contributed by atoms with van der Waals surface area (Å²) in [5.74, 6) is -7.76. The first-order valence-electron chi connectivity index (χ1n) is 15.4. The number of carbonyl (C=O) groups excluding carboxylic acids is 6. The van der Waals surface area contributed by atoms with Crippen LogP contribution in [0.25, 0.3) is 0 Å².